The number of benzene rings is 2. The van der Waals surface area contributed by atoms with Gasteiger partial charge in [0.05, 0.1) is 13.7 Å². The number of aromatic amines is 1. The van der Waals surface area contributed by atoms with Gasteiger partial charge in [-0.2, -0.15) is 8.62 Å². The van der Waals surface area contributed by atoms with E-state index in [2.05, 4.69) is 93.5 Å². The van der Waals surface area contributed by atoms with Gasteiger partial charge in [-0.1, -0.05) is 43.1 Å². The monoisotopic (exact) mass is 1120 g/mol. The lowest BCUT2D eigenvalue weighted by Gasteiger charge is -2.39. The topological polar surface area (TPSA) is 364 Å². The van der Waals surface area contributed by atoms with E-state index in [1.807, 2.05) is 52.5 Å². The molecule has 2 aromatic heterocycles. The highest BCUT2D eigenvalue weighted by molar-refractivity contribution is 7.66. The number of alkyl carbamates (subject to hydrolysis) is 1. The van der Waals surface area contributed by atoms with E-state index >= 15 is 0 Å². The first-order valence-electron chi connectivity index (χ1n) is 23.4. The van der Waals surface area contributed by atoms with Crippen LogP contribution in [0, 0.1) is 0 Å². The number of nitrogen functional groups attached to an aromatic ring is 1. The number of aromatic nitrogens is 4. The molecule has 1 aliphatic heterocycles. The number of amides is 3. The number of aryl methyl sites for hydroxylation is 1. The molecule has 7 rings (SSSR count). The number of phosphoric ester groups is 1. The molecule has 2 aromatic carbocycles. The van der Waals surface area contributed by atoms with E-state index in [1.54, 1.807) is 11.9 Å². The van der Waals surface area contributed by atoms with Crippen LogP contribution in [0.25, 0.3) is 16.7 Å². The normalized spacial score (nSPS) is 20.5. The number of hydrogen-bond acceptors (Lipinski definition) is 16. The number of nitrogens with two attached hydrogens (primary N) is 1. The minimum absolute atomic E-state index is 0.0259. The van der Waals surface area contributed by atoms with E-state index in [1.165, 1.54) is 17.9 Å². The molecule has 0 spiro atoms. The number of H-pyrrole nitrogens is 1. The minimum Gasteiger partial charge on any atom is -0.437 e. The Balaban J connectivity index is 0.967. The van der Waals surface area contributed by atoms with Crippen molar-refractivity contribution in [1.29, 1.82) is 0 Å². The molecule has 1 saturated heterocycles. The number of rotatable bonds is 19. The van der Waals surface area contributed by atoms with Gasteiger partial charge in [-0.3, -0.25) is 28.5 Å². The number of ether oxygens (including phenoxy) is 2. The van der Waals surface area contributed by atoms with E-state index in [9.17, 15) is 47.8 Å². The Labute approximate surface area is 435 Å². The molecule has 2 aliphatic carbocycles. The Morgan fingerprint density at radius 2 is 1.68 bits per heavy atom. The number of carbonyl (C=O) groups excluding carboxylic acids is 3. The zero-order chi connectivity index (χ0) is 55.8. The van der Waals surface area contributed by atoms with E-state index in [0.29, 0.717) is 12.0 Å². The van der Waals surface area contributed by atoms with Gasteiger partial charge in [0.1, 0.15) is 26.3 Å². The molecule has 10 N–H and O–H groups in total. The largest absolute Gasteiger partial charge is 0.490 e. The number of allylic oxidation sites excluding steroid dienone is 5. The van der Waals surface area contributed by atoms with Gasteiger partial charge in [-0.15, -0.1) is 0 Å². The van der Waals surface area contributed by atoms with Crippen molar-refractivity contribution in [2.75, 3.05) is 72.1 Å². The molecule has 3 heterocycles. The first-order chi connectivity index (χ1) is 35.5. The molecule has 2 unspecified atom stereocenters. The Morgan fingerprint density at radius 3 is 2.37 bits per heavy atom. The molecule has 6 atom stereocenters. The average Bonchev–Trinajstić information content (AvgIpc) is 3.82. The molecule has 410 valence electrons. The fourth-order valence-electron chi connectivity index (χ4n) is 9.10. The molecule has 4 aromatic rings. The van der Waals surface area contributed by atoms with Crippen LogP contribution in [0.3, 0.4) is 0 Å². The number of fused-ring (bicyclic) bond motifs is 3. The van der Waals surface area contributed by atoms with Crippen molar-refractivity contribution in [2.24, 2.45) is 7.05 Å². The van der Waals surface area contributed by atoms with Gasteiger partial charge >= 0.3 is 35.2 Å². The highest BCUT2D eigenvalue weighted by Gasteiger charge is 2.52. The number of phosphoric acid groups is 3. The second kappa shape index (κ2) is 22.4. The summed E-state index contributed by atoms with van der Waals surface area (Å²) < 4.78 is 63.4. The van der Waals surface area contributed by atoms with Gasteiger partial charge in [0, 0.05) is 76.0 Å². The lowest BCUT2D eigenvalue weighted by Crippen LogP contribution is -2.49. The first-order valence-corrected chi connectivity index (χ1v) is 28.0. The van der Waals surface area contributed by atoms with E-state index in [-0.39, 0.29) is 60.4 Å². The first kappa shape index (κ1) is 57.5. The Hall–Kier alpha value is -6.18. The van der Waals surface area contributed by atoms with Crippen molar-refractivity contribution < 1.29 is 84.5 Å². The standard InChI is InChI=1S/C46H59N10O17P3/c1-46(2)32-22-26(52(3)4)15-17-30(32)36(31-18-16-27(53(5)6)23-33(31)46)28-12-9-10-13-29(28)42(60)54(7)21-11-14-35(57)48-19-20-49-45(61)71-39-38(58)34(24-69-75(65,66)73-76(67,68)72-74(62,63)64)70-43(39)56-25-55(8)37-40(56)50-44(47)51-41(37)59/h9-10,12-13,15-18,22-23,25,34,38-39,43,58H,11,14,19-21,24H2,1-8H3,(H7-2,47,48,49,50,51,57,59,61,62,63,64,65,66,67,68)/p+2/t34-,38-,39-,43-/m1/s1. The van der Waals surface area contributed by atoms with Crippen LogP contribution < -0.4 is 31.4 Å². The van der Waals surface area contributed by atoms with Crippen molar-refractivity contribution >= 4 is 75.5 Å². The average molecular weight is 1120 g/mol. The SMILES string of the molecule is CN(CCCC(=O)NCCNC(=O)O[C@@H]1[C@H](O)[C@@H](COP(=O)(O)OP(=O)(O)OP(=O)(O)O)O[C@H]1[n+]1cn(C)c2c(=O)[nH]c(N)nc21)C(=O)c1ccccc1C1=C2C=CC(=[N+](C)C)C=C2C(C)(C)c2cc(N(C)C)ccc21. The fourth-order valence-corrected chi connectivity index (χ4v) is 12.1. The van der Waals surface area contributed by atoms with Gasteiger partial charge in [-0.05, 0) is 64.1 Å². The van der Waals surface area contributed by atoms with Crippen LogP contribution in [0.1, 0.15) is 60.0 Å². The zero-order valence-corrected chi connectivity index (χ0v) is 45.3. The van der Waals surface area contributed by atoms with Gasteiger partial charge in [0.25, 0.3) is 17.4 Å². The lowest BCUT2D eigenvalue weighted by atomic mass is 9.64. The van der Waals surface area contributed by atoms with Crippen LogP contribution in [-0.4, -0.2) is 152 Å². The van der Waals surface area contributed by atoms with Gasteiger partial charge < -0.3 is 60.3 Å². The molecule has 30 heteroatoms. The van der Waals surface area contributed by atoms with Crippen molar-refractivity contribution in [3.05, 3.63) is 111 Å². The predicted octanol–water partition coefficient (Wildman–Crippen LogP) is 1.86. The smallest absolute Gasteiger partial charge is 0.437 e. The predicted molar refractivity (Wildman–Crippen MR) is 274 cm³/mol. The van der Waals surface area contributed by atoms with E-state index in [0.717, 1.165) is 49.4 Å². The maximum atomic E-state index is 14.3. The second-order valence-electron chi connectivity index (χ2n) is 19.0. The molecule has 0 radical (unpaired) electrons. The molecular formula is C46H61N10O17P3+2. The number of imidazole rings is 1. The maximum absolute atomic E-state index is 14.3. The summed E-state index contributed by atoms with van der Waals surface area (Å²) in [7, 11) is -6.14. The van der Waals surface area contributed by atoms with E-state index in [4.69, 9.17) is 25.0 Å². The lowest BCUT2D eigenvalue weighted by molar-refractivity contribution is -0.745. The number of anilines is 2. The van der Waals surface area contributed by atoms with Crippen molar-refractivity contribution in [2.45, 2.75) is 56.6 Å². The Kier molecular flexibility index (Phi) is 17.0. The zero-order valence-electron chi connectivity index (χ0n) is 42.6. The Morgan fingerprint density at radius 1 is 0.987 bits per heavy atom. The van der Waals surface area contributed by atoms with Crippen molar-refractivity contribution in [3.63, 3.8) is 0 Å². The van der Waals surface area contributed by atoms with Crippen molar-refractivity contribution in [3.8, 4) is 0 Å². The number of carbonyl (C=O) groups is 3. The van der Waals surface area contributed by atoms with Crippen LogP contribution in [0.5, 0.6) is 0 Å². The summed E-state index contributed by atoms with van der Waals surface area (Å²) in [6.07, 6.45) is -0.0183. The molecule has 3 aliphatic rings. The summed E-state index contributed by atoms with van der Waals surface area (Å²) >= 11 is 0. The molecule has 27 nitrogen and oxygen atoms in total. The van der Waals surface area contributed by atoms with Gasteiger partial charge in [-0.25, -0.2) is 27.6 Å². The number of hydrogen-bond donors (Lipinski definition) is 9. The second-order valence-corrected chi connectivity index (χ2v) is 23.4. The molecule has 3 amide bonds. The van der Waals surface area contributed by atoms with E-state index < -0.39 is 66.3 Å². The molecular weight excluding hydrogens is 1060 g/mol. The summed E-state index contributed by atoms with van der Waals surface area (Å²) in [5.74, 6) is -0.937. The molecule has 1 fully saturated rings. The quantitative estimate of drug-likeness (QED) is 0.0367. The third-order valence-electron chi connectivity index (χ3n) is 12.7. The third-order valence-corrected chi connectivity index (χ3v) is 16.6. The summed E-state index contributed by atoms with van der Waals surface area (Å²) in [4.78, 5) is 101. The van der Waals surface area contributed by atoms with Crippen LogP contribution in [0.2, 0.25) is 0 Å². The highest BCUT2D eigenvalue weighted by atomic mass is 31.3. The van der Waals surface area contributed by atoms with Crippen LogP contribution in [0.4, 0.5) is 16.4 Å². The number of nitrogens with one attached hydrogen (secondary N) is 3. The van der Waals surface area contributed by atoms with Crippen LogP contribution in [0.15, 0.2) is 83.0 Å². The van der Waals surface area contributed by atoms with Gasteiger partial charge in [0.2, 0.25) is 17.7 Å². The number of aliphatic hydroxyl groups is 1. The maximum Gasteiger partial charge on any atom is 0.490 e. The highest BCUT2D eigenvalue weighted by Crippen LogP contribution is 2.66. The number of aliphatic hydroxyl groups excluding tert-OH is 1. The Bertz CT molecular complexity index is 3300. The summed E-state index contributed by atoms with van der Waals surface area (Å²) in [6, 6.07) is 13.9. The summed E-state index contributed by atoms with van der Waals surface area (Å²) in [5.41, 5.74) is 13.2. The summed E-state index contributed by atoms with van der Waals surface area (Å²) in [6.45, 7) is 3.27. The van der Waals surface area contributed by atoms with Crippen LogP contribution >= 0.6 is 23.5 Å². The fraction of sp³-hybridized carbons (Fsp3) is 0.413. The molecule has 76 heavy (non-hydrogen) atoms. The summed E-state index contributed by atoms with van der Waals surface area (Å²) in [5, 5.41) is 16.4. The minimum atomic E-state index is -5.90. The van der Waals surface area contributed by atoms with Crippen molar-refractivity contribution in [1.82, 2.24) is 30.1 Å². The molecule has 0 bridgehead atoms. The number of nitrogens with zero attached hydrogens (tertiary/aromatic N) is 6. The van der Waals surface area contributed by atoms with Gasteiger partial charge in [0.15, 0.2) is 18.1 Å². The third kappa shape index (κ3) is 12.8. The van der Waals surface area contributed by atoms with Crippen LogP contribution in [-0.2, 0) is 53.6 Å². The molecule has 0 saturated carbocycles.